The van der Waals surface area contributed by atoms with E-state index in [1.165, 1.54) is 4.47 Å². The normalized spacial score (nSPS) is 19.4. The van der Waals surface area contributed by atoms with Crippen LogP contribution >= 0.6 is 0 Å². The molecule has 0 aliphatic carbocycles. The van der Waals surface area contributed by atoms with E-state index in [1.807, 2.05) is 61.5 Å². The van der Waals surface area contributed by atoms with Crippen molar-refractivity contribution < 1.29 is 13.3 Å². The Kier molecular flexibility index (Phi) is 4.29. The molecule has 1 fully saturated rings. The van der Waals surface area contributed by atoms with E-state index in [-0.39, 0.29) is 11.8 Å². The Hall–Kier alpha value is -1.69. The minimum absolute atomic E-state index is 0.0450. The minimum atomic E-state index is -3.51. The van der Waals surface area contributed by atoms with Crippen LogP contribution in [0, 0.1) is 6.92 Å². The summed E-state index contributed by atoms with van der Waals surface area (Å²) in [4.78, 5) is 5.43. The third kappa shape index (κ3) is 3.21. The fourth-order valence-electron chi connectivity index (χ4n) is 2.65. The van der Waals surface area contributed by atoms with E-state index in [1.54, 1.807) is 0 Å². The van der Waals surface area contributed by atoms with Crippen molar-refractivity contribution in [1.29, 1.82) is 0 Å². The molecule has 0 aromatic heterocycles. The van der Waals surface area contributed by atoms with Gasteiger partial charge in [0.05, 0.1) is 18.4 Å². The summed E-state index contributed by atoms with van der Waals surface area (Å²) in [7, 11) is -3.51. The van der Waals surface area contributed by atoms with Gasteiger partial charge < -0.3 is 0 Å². The highest BCUT2D eigenvalue weighted by atomic mass is 32.2. The topological polar surface area (TPSA) is 46.6 Å². The summed E-state index contributed by atoms with van der Waals surface area (Å²) < 4.78 is 26.5. The van der Waals surface area contributed by atoms with Crippen LogP contribution < -0.4 is 0 Å². The average Bonchev–Trinajstić information content (AvgIpc) is 3.01. The largest absolute Gasteiger partial charge is 0.284 e. The van der Waals surface area contributed by atoms with Gasteiger partial charge in [-0.1, -0.05) is 64.6 Å². The molecule has 0 bridgehead atoms. The molecule has 5 heteroatoms. The third-order valence-corrected chi connectivity index (χ3v) is 5.40. The SMILES string of the molecule is Cc1ccc(CS(=O)(=O)N2OCC[C@H]2c2ccccc2)cc1. The maximum atomic E-state index is 12.7. The monoisotopic (exact) mass is 317 g/mol. The summed E-state index contributed by atoms with van der Waals surface area (Å²) in [6.07, 6.45) is 0.678. The Labute approximate surface area is 131 Å². The lowest BCUT2D eigenvalue weighted by atomic mass is 10.1. The third-order valence-electron chi connectivity index (χ3n) is 3.79. The Morgan fingerprint density at radius 1 is 1.09 bits per heavy atom. The van der Waals surface area contributed by atoms with Gasteiger partial charge in [-0.25, -0.2) is 8.42 Å². The summed E-state index contributed by atoms with van der Waals surface area (Å²) in [6.45, 7) is 2.40. The van der Waals surface area contributed by atoms with Gasteiger partial charge in [0.1, 0.15) is 0 Å². The average molecular weight is 317 g/mol. The Balaban J connectivity index is 1.83. The number of sulfonamides is 1. The second-order valence-corrected chi connectivity index (χ2v) is 7.36. The van der Waals surface area contributed by atoms with E-state index in [4.69, 9.17) is 4.84 Å². The molecule has 4 nitrogen and oxygen atoms in total. The molecule has 0 N–H and O–H groups in total. The highest BCUT2D eigenvalue weighted by Crippen LogP contribution is 2.33. The smallest absolute Gasteiger partial charge is 0.240 e. The second-order valence-electron chi connectivity index (χ2n) is 5.55. The van der Waals surface area contributed by atoms with Crippen molar-refractivity contribution in [2.75, 3.05) is 6.61 Å². The summed E-state index contributed by atoms with van der Waals surface area (Å²) in [5, 5.41) is 0. The van der Waals surface area contributed by atoms with Crippen molar-refractivity contribution in [2.24, 2.45) is 0 Å². The fourth-order valence-corrected chi connectivity index (χ4v) is 4.24. The lowest BCUT2D eigenvalue weighted by molar-refractivity contribution is -0.0501. The molecule has 0 amide bonds. The van der Waals surface area contributed by atoms with Gasteiger partial charge in [0.25, 0.3) is 0 Å². The summed E-state index contributed by atoms with van der Waals surface area (Å²) >= 11 is 0. The zero-order valence-corrected chi connectivity index (χ0v) is 13.3. The fraction of sp³-hybridized carbons (Fsp3) is 0.294. The number of aryl methyl sites for hydroxylation is 1. The molecule has 116 valence electrons. The summed E-state index contributed by atoms with van der Waals surface area (Å²) in [5.74, 6) is -0.0450. The lowest BCUT2D eigenvalue weighted by Gasteiger charge is -2.22. The first kappa shape index (κ1) is 15.2. The van der Waals surface area contributed by atoms with Crippen LogP contribution in [0.3, 0.4) is 0 Å². The molecule has 1 aliphatic rings. The maximum Gasteiger partial charge on any atom is 0.240 e. The number of hydrogen-bond donors (Lipinski definition) is 0. The van der Waals surface area contributed by atoms with Gasteiger partial charge in [0.15, 0.2) is 0 Å². The molecule has 1 aliphatic heterocycles. The standard InChI is InChI=1S/C17H19NO3S/c1-14-7-9-15(10-8-14)13-22(19,20)18-17(11-12-21-18)16-5-3-2-4-6-16/h2-10,17H,11-13H2,1H3/t17-/m0/s1. The molecule has 1 atom stereocenters. The molecular formula is C17H19NO3S. The molecule has 2 aromatic carbocycles. The first-order valence-corrected chi connectivity index (χ1v) is 8.93. The molecule has 0 radical (unpaired) electrons. The van der Waals surface area contributed by atoms with Crippen molar-refractivity contribution in [2.45, 2.75) is 25.1 Å². The predicted octanol–water partition coefficient (Wildman–Crippen LogP) is 3.20. The molecular weight excluding hydrogens is 298 g/mol. The highest BCUT2D eigenvalue weighted by molar-refractivity contribution is 7.88. The zero-order chi connectivity index (χ0) is 15.6. The van der Waals surface area contributed by atoms with Crippen molar-refractivity contribution in [1.82, 2.24) is 4.47 Å². The number of benzene rings is 2. The van der Waals surface area contributed by atoms with Crippen LogP contribution in [-0.2, 0) is 20.6 Å². The number of hydrogen-bond acceptors (Lipinski definition) is 3. The van der Waals surface area contributed by atoms with Gasteiger partial charge in [0, 0.05) is 0 Å². The van der Waals surface area contributed by atoms with Gasteiger partial charge >= 0.3 is 0 Å². The predicted molar refractivity (Wildman–Crippen MR) is 85.4 cm³/mol. The molecule has 1 saturated heterocycles. The van der Waals surface area contributed by atoms with Gasteiger partial charge in [-0.3, -0.25) is 4.84 Å². The summed E-state index contributed by atoms with van der Waals surface area (Å²) in [5.41, 5.74) is 2.85. The van der Waals surface area contributed by atoms with Crippen LogP contribution in [0.15, 0.2) is 54.6 Å². The van der Waals surface area contributed by atoms with E-state index in [9.17, 15) is 8.42 Å². The van der Waals surface area contributed by atoms with Crippen molar-refractivity contribution in [3.63, 3.8) is 0 Å². The van der Waals surface area contributed by atoms with Crippen molar-refractivity contribution >= 4 is 10.0 Å². The van der Waals surface area contributed by atoms with E-state index < -0.39 is 10.0 Å². The molecule has 22 heavy (non-hydrogen) atoms. The molecule has 0 saturated carbocycles. The van der Waals surface area contributed by atoms with Gasteiger partial charge in [0.2, 0.25) is 10.0 Å². The van der Waals surface area contributed by atoms with Crippen LogP contribution in [0.4, 0.5) is 0 Å². The zero-order valence-electron chi connectivity index (χ0n) is 12.5. The molecule has 2 aromatic rings. The molecule has 1 heterocycles. The minimum Gasteiger partial charge on any atom is -0.284 e. The Bertz CT molecular complexity index is 726. The quantitative estimate of drug-likeness (QED) is 0.870. The van der Waals surface area contributed by atoms with Crippen molar-refractivity contribution in [3.05, 3.63) is 71.3 Å². The van der Waals surface area contributed by atoms with Gasteiger partial charge in [-0.15, -0.1) is 0 Å². The molecule has 0 unspecified atom stereocenters. The maximum absolute atomic E-state index is 12.7. The van der Waals surface area contributed by atoms with E-state index in [0.29, 0.717) is 13.0 Å². The Morgan fingerprint density at radius 2 is 1.77 bits per heavy atom. The number of rotatable bonds is 4. The number of hydroxylamine groups is 1. The Morgan fingerprint density at radius 3 is 2.45 bits per heavy atom. The van der Waals surface area contributed by atoms with Crippen LogP contribution in [0.1, 0.15) is 29.2 Å². The van der Waals surface area contributed by atoms with Crippen LogP contribution in [-0.4, -0.2) is 19.5 Å². The highest BCUT2D eigenvalue weighted by Gasteiger charge is 2.36. The lowest BCUT2D eigenvalue weighted by Crippen LogP contribution is -2.30. The van der Waals surface area contributed by atoms with Crippen molar-refractivity contribution in [3.8, 4) is 0 Å². The van der Waals surface area contributed by atoms with Gasteiger partial charge in [-0.2, -0.15) is 0 Å². The van der Waals surface area contributed by atoms with Gasteiger partial charge in [-0.05, 0) is 24.5 Å². The number of nitrogens with zero attached hydrogens (tertiary/aromatic N) is 1. The first-order valence-electron chi connectivity index (χ1n) is 7.32. The van der Waals surface area contributed by atoms with Crippen LogP contribution in [0.5, 0.6) is 0 Å². The first-order chi connectivity index (χ1) is 10.6. The molecule has 0 spiro atoms. The van der Waals surface area contributed by atoms with E-state index >= 15 is 0 Å². The van der Waals surface area contributed by atoms with Crippen LogP contribution in [0.25, 0.3) is 0 Å². The van der Waals surface area contributed by atoms with Crippen LogP contribution in [0.2, 0.25) is 0 Å². The molecule has 3 rings (SSSR count). The second kappa shape index (κ2) is 6.20. The summed E-state index contributed by atoms with van der Waals surface area (Å²) in [6, 6.07) is 16.9. The van der Waals surface area contributed by atoms with E-state index in [0.717, 1.165) is 16.7 Å². The van der Waals surface area contributed by atoms with E-state index in [2.05, 4.69) is 0 Å².